The number of phenolic OH excluding ortho intramolecular Hbond substituents is 1. The lowest BCUT2D eigenvalue weighted by atomic mass is 10.0. The fourth-order valence-electron chi connectivity index (χ4n) is 3.19. The van der Waals surface area contributed by atoms with E-state index in [2.05, 4.69) is 0 Å². The molecular formula is C22H22O8. The lowest BCUT2D eigenvalue weighted by Crippen LogP contribution is -2.02. The van der Waals surface area contributed by atoms with Gasteiger partial charge in [-0.15, -0.1) is 0 Å². The number of aromatic hydroxyl groups is 1. The molecule has 0 unspecified atom stereocenters. The average molecular weight is 414 g/mol. The van der Waals surface area contributed by atoms with E-state index in [0.29, 0.717) is 28.2 Å². The van der Waals surface area contributed by atoms with E-state index < -0.39 is 5.78 Å². The molecule has 0 aliphatic heterocycles. The highest BCUT2D eigenvalue weighted by Crippen LogP contribution is 2.46. The third-order valence-electron chi connectivity index (χ3n) is 4.60. The summed E-state index contributed by atoms with van der Waals surface area (Å²) in [5.74, 6) is 0.825. The summed E-state index contributed by atoms with van der Waals surface area (Å²) in [6, 6.07) is 4.97. The maximum atomic E-state index is 13.0. The van der Waals surface area contributed by atoms with Crippen molar-refractivity contribution in [3.8, 4) is 34.5 Å². The molecule has 1 aromatic heterocycles. The van der Waals surface area contributed by atoms with E-state index in [1.807, 2.05) is 0 Å². The Bertz CT molecular complexity index is 1110. The number of rotatable bonds is 8. The minimum atomic E-state index is -0.498. The molecule has 0 aliphatic carbocycles. The zero-order valence-electron chi connectivity index (χ0n) is 17.3. The van der Waals surface area contributed by atoms with Crippen molar-refractivity contribution >= 4 is 22.8 Å². The molecule has 1 heterocycles. The molecule has 0 saturated heterocycles. The molecule has 30 heavy (non-hydrogen) atoms. The number of carbonyl (C=O) groups is 1. The van der Waals surface area contributed by atoms with Crippen LogP contribution in [0.4, 0.5) is 0 Å². The van der Waals surface area contributed by atoms with Gasteiger partial charge in [0, 0.05) is 11.6 Å². The molecule has 3 rings (SSSR count). The topological polar surface area (TPSA) is 96.6 Å². The number of fused-ring (bicyclic) bond motifs is 1. The number of benzene rings is 2. The highest BCUT2D eigenvalue weighted by Gasteiger charge is 2.26. The fourth-order valence-corrected chi connectivity index (χ4v) is 3.19. The predicted molar refractivity (Wildman–Crippen MR) is 110 cm³/mol. The third kappa shape index (κ3) is 3.47. The van der Waals surface area contributed by atoms with Gasteiger partial charge in [-0.25, -0.2) is 0 Å². The number of hydrogen-bond acceptors (Lipinski definition) is 8. The number of phenols is 1. The van der Waals surface area contributed by atoms with Gasteiger partial charge in [0.25, 0.3) is 0 Å². The summed E-state index contributed by atoms with van der Waals surface area (Å²) < 4.78 is 31.9. The molecule has 8 heteroatoms. The molecule has 0 spiro atoms. The lowest BCUT2D eigenvalue weighted by molar-refractivity contribution is 0.104. The van der Waals surface area contributed by atoms with Crippen LogP contribution in [0.3, 0.4) is 0 Å². The number of ketones is 1. The number of methoxy groups -OCH3 is 5. The van der Waals surface area contributed by atoms with Crippen LogP contribution in [0, 0.1) is 0 Å². The Morgan fingerprint density at radius 1 is 0.900 bits per heavy atom. The summed E-state index contributed by atoms with van der Waals surface area (Å²) in [4.78, 5) is 13.0. The van der Waals surface area contributed by atoms with Crippen molar-refractivity contribution in [2.24, 2.45) is 0 Å². The zero-order chi connectivity index (χ0) is 21.8. The monoisotopic (exact) mass is 414 g/mol. The smallest absolute Gasteiger partial charge is 0.205 e. The van der Waals surface area contributed by atoms with Gasteiger partial charge < -0.3 is 33.2 Å². The van der Waals surface area contributed by atoms with Gasteiger partial charge >= 0.3 is 0 Å². The van der Waals surface area contributed by atoms with E-state index in [1.54, 1.807) is 24.3 Å². The van der Waals surface area contributed by atoms with Crippen LogP contribution in [0.2, 0.25) is 0 Å². The van der Waals surface area contributed by atoms with Gasteiger partial charge in [-0.1, -0.05) is 0 Å². The van der Waals surface area contributed by atoms with Gasteiger partial charge in [0.2, 0.25) is 5.75 Å². The summed E-state index contributed by atoms with van der Waals surface area (Å²) in [5.41, 5.74) is 0.825. The fraction of sp³-hybridized carbons (Fsp3) is 0.227. The quantitative estimate of drug-likeness (QED) is 0.435. The Balaban J connectivity index is 2.10. The van der Waals surface area contributed by atoms with E-state index in [4.69, 9.17) is 28.1 Å². The predicted octanol–water partition coefficient (Wildman–Crippen LogP) is 4.08. The summed E-state index contributed by atoms with van der Waals surface area (Å²) in [6.45, 7) is 0. The standard InChI is InChI=1S/C22H22O8/c1-25-15-11-17(27-3)16(26-2)10-12(15)6-7-14(23)18-19(24)22(29-5)21-13(8-9-30-21)20(18)28-4/h6-11,24H,1-5H3. The van der Waals surface area contributed by atoms with E-state index in [-0.39, 0.29) is 28.4 Å². The molecule has 3 aromatic rings. The second-order valence-electron chi connectivity index (χ2n) is 6.10. The van der Waals surface area contributed by atoms with Crippen LogP contribution in [-0.4, -0.2) is 46.4 Å². The summed E-state index contributed by atoms with van der Waals surface area (Å²) in [6.07, 6.45) is 4.27. The molecule has 2 aromatic carbocycles. The van der Waals surface area contributed by atoms with Crippen LogP contribution < -0.4 is 23.7 Å². The Hall–Kier alpha value is -3.81. The Morgan fingerprint density at radius 3 is 2.13 bits per heavy atom. The van der Waals surface area contributed by atoms with Crippen molar-refractivity contribution in [3.63, 3.8) is 0 Å². The van der Waals surface area contributed by atoms with Crippen molar-refractivity contribution in [1.82, 2.24) is 0 Å². The maximum absolute atomic E-state index is 13.0. The van der Waals surface area contributed by atoms with Gasteiger partial charge in [-0.2, -0.15) is 0 Å². The van der Waals surface area contributed by atoms with Crippen molar-refractivity contribution < 1.29 is 38.0 Å². The van der Waals surface area contributed by atoms with E-state index in [0.717, 1.165) is 0 Å². The van der Waals surface area contributed by atoms with Gasteiger partial charge in [0.1, 0.15) is 17.1 Å². The highest BCUT2D eigenvalue weighted by atomic mass is 16.5. The molecule has 0 aliphatic rings. The van der Waals surface area contributed by atoms with Gasteiger partial charge in [0.15, 0.2) is 28.6 Å². The van der Waals surface area contributed by atoms with Crippen LogP contribution in [0.15, 0.2) is 35.0 Å². The van der Waals surface area contributed by atoms with Crippen LogP contribution in [-0.2, 0) is 0 Å². The van der Waals surface area contributed by atoms with Crippen LogP contribution in [0.5, 0.6) is 34.5 Å². The summed E-state index contributed by atoms with van der Waals surface area (Å²) in [5, 5.41) is 11.2. The molecule has 0 saturated carbocycles. The SMILES string of the molecule is COc1cc(OC)c(OC)cc1C=CC(=O)c1c(O)c(OC)c2occc2c1OC. The first kappa shape index (κ1) is 20.9. The van der Waals surface area contributed by atoms with E-state index in [9.17, 15) is 9.90 Å². The Labute approximate surface area is 173 Å². The van der Waals surface area contributed by atoms with Crippen molar-refractivity contribution in [1.29, 1.82) is 0 Å². The molecule has 0 fully saturated rings. The average Bonchev–Trinajstić information content (AvgIpc) is 3.25. The molecule has 0 radical (unpaired) electrons. The van der Waals surface area contributed by atoms with Crippen LogP contribution in [0.25, 0.3) is 17.0 Å². The number of carbonyl (C=O) groups excluding carboxylic acids is 1. The minimum absolute atomic E-state index is 0.0426. The first-order chi connectivity index (χ1) is 14.5. The van der Waals surface area contributed by atoms with Crippen LogP contribution in [0.1, 0.15) is 15.9 Å². The second kappa shape index (κ2) is 8.69. The molecule has 1 N–H and O–H groups in total. The van der Waals surface area contributed by atoms with Crippen molar-refractivity contribution in [2.45, 2.75) is 0 Å². The Kier molecular flexibility index (Phi) is 6.06. The first-order valence-corrected chi connectivity index (χ1v) is 8.87. The van der Waals surface area contributed by atoms with Gasteiger partial charge in [-0.3, -0.25) is 4.79 Å². The number of furan rings is 1. The van der Waals surface area contributed by atoms with E-state index >= 15 is 0 Å². The molecule has 0 bridgehead atoms. The number of ether oxygens (including phenoxy) is 5. The summed E-state index contributed by atoms with van der Waals surface area (Å²) in [7, 11) is 7.32. The van der Waals surface area contributed by atoms with E-state index in [1.165, 1.54) is 47.9 Å². The third-order valence-corrected chi connectivity index (χ3v) is 4.60. The minimum Gasteiger partial charge on any atom is -0.504 e. The molecule has 0 amide bonds. The lowest BCUT2D eigenvalue weighted by Gasteiger charge is -2.13. The van der Waals surface area contributed by atoms with Crippen LogP contribution >= 0.6 is 0 Å². The van der Waals surface area contributed by atoms with Gasteiger partial charge in [-0.05, 0) is 24.3 Å². The first-order valence-electron chi connectivity index (χ1n) is 8.87. The molecule has 158 valence electrons. The highest BCUT2D eigenvalue weighted by molar-refractivity contribution is 6.15. The largest absolute Gasteiger partial charge is 0.504 e. The summed E-state index contributed by atoms with van der Waals surface area (Å²) >= 11 is 0. The number of allylic oxidation sites excluding steroid dienone is 1. The Morgan fingerprint density at radius 2 is 1.53 bits per heavy atom. The molecule has 8 nitrogen and oxygen atoms in total. The molecular weight excluding hydrogens is 392 g/mol. The number of hydrogen-bond donors (Lipinski definition) is 1. The normalized spacial score (nSPS) is 11.0. The second-order valence-corrected chi connectivity index (χ2v) is 6.10. The van der Waals surface area contributed by atoms with Crippen molar-refractivity contribution in [2.75, 3.05) is 35.5 Å². The maximum Gasteiger partial charge on any atom is 0.205 e. The zero-order valence-corrected chi connectivity index (χ0v) is 17.3. The van der Waals surface area contributed by atoms with Gasteiger partial charge in [0.05, 0.1) is 47.2 Å². The van der Waals surface area contributed by atoms with Crippen molar-refractivity contribution in [3.05, 3.63) is 41.7 Å². The molecule has 0 atom stereocenters.